The minimum Gasteiger partial charge on any atom is -0.480 e. The predicted molar refractivity (Wildman–Crippen MR) is 118 cm³/mol. The number of aliphatic carboxylic acids is 1. The molecule has 0 spiro atoms. The number of carboxylic acids is 1. The summed E-state index contributed by atoms with van der Waals surface area (Å²) in [5.74, 6) is -2.74. The molecule has 0 aromatic heterocycles. The lowest BCUT2D eigenvalue weighted by molar-refractivity contribution is -0.147. The standard InChI is InChI=1S/C21H39N5O6/c1-12(2)11-15(24-18(28)14(23)7-4-5-9-22)20(30)26-10-6-8-16(26)19(29)25-17(13(3)27)21(31)32/h12-17,27H,4-11,22-23H2,1-3H3,(H,24,28)(H,25,29)(H,31,32). The van der Waals surface area contributed by atoms with Crippen molar-refractivity contribution in [1.29, 1.82) is 0 Å². The van der Waals surface area contributed by atoms with Crippen LogP contribution >= 0.6 is 0 Å². The van der Waals surface area contributed by atoms with E-state index in [1.54, 1.807) is 0 Å². The molecule has 11 nitrogen and oxygen atoms in total. The summed E-state index contributed by atoms with van der Waals surface area (Å²) in [7, 11) is 0. The lowest BCUT2D eigenvalue weighted by Gasteiger charge is -2.31. The first kappa shape index (κ1) is 27.8. The fraction of sp³-hybridized carbons (Fsp3) is 0.810. The molecule has 32 heavy (non-hydrogen) atoms. The van der Waals surface area contributed by atoms with Gasteiger partial charge in [0.25, 0.3) is 0 Å². The number of nitrogens with zero attached hydrogens (tertiary/aromatic N) is 1. The van der Waals surface area contributed by atoms with Gasteiger partial charge in [-0.1, -0.05) is 20.3 Å². The van der Waals surface area contributed by atoms with Gasteiger partial charge in [-0.15, -0.1) is 0 Å². The molecule has 0 radical (unpaired) electrons. The Bertz CT molecular complexity index is 657. The second kappa shape index (κ2) is 13.3. The van der Waals surface area contributed by atoms with Crippen molar-refractivity contribution in [1.82, 2.24) is 15.5 Å². The van der Waals surface area contributed by atoms with Gasteiger partial charge in [-0.25, -0.2) is 4.79 Å². The zero-order chi connectivity index (χ0) is 24.4. The second-order valence-corrected chi connectivity index (χ2v) is 8.84. The highest BCUT2D eigenvalue weighted by Gasteiger charge is 2.39. The molecule has 1 rings (SSSR count). The van der Waals surface area contributed by atoms with Crippen LogP contribution in [0.1, 0.15) is 59.3 Å². The maximum atomic E-state index is 13.3. The summed E-state index contributed by atoms with van der Waals surface area (Å²) in [4.78, 5) is 51.2. The van der Waals surface area contributed by atoms with E-state index in [4.69, 9.17) is 11.5 Å². The van der Waals surface area contributed by atoms with Crippen LogP contribution in [0.4, 0.5) is 0 Å². The molecule has 0 bridgehead atoms. The molecule has 1 aliphatic heterocycles. The average Bonchev–Trinajstić information content (AvgIpc) is 3.19. The first-order valence-corrected chi connectivity index (χ1v) is 11.3. The number of likely N-dealkylation sites (tertiary alicyclic amines) is 1. The lowest BCUT2D eigenvalue weighted by atomic mass is 10.0. The molecule has 8 N–H and O–H groups in total. The van der Waals surface area contributed by atoms with Gasteiger partial charge in [-0.05, 0) is 51.5 Å². The Morgan fingerprint density at radius 3 is 2.31 bits per heavy atom. The van der Waals surface area contributed by atoms with Gasteiger partial charge in [0.1, 0.15) is 12.1 Å². The van der Waals surface area contributed by atoms with Crippen LogP contribution in [0.25, 0.3) is 0 Å². The van der Waals surface area contributed by atoms with Crippen molar-refractivity contribution in [2.24, 2.45) is 17.4 Å². The maximum absolute atomic E-state index is 13.3. The van der Waals surface area contributed by atoms with Crippen molar-refractivity contribution < 1.29 is 29.4 Å². The van der Waals surface area contributed by atoms with Gasteiger partial charge in [0.15, 0.2) is 6.04 Å². The number of carbonyl (C=O) groups excluding carboxylic acids is 3. The third kappa shape index (κ3) is 8.36. The minimum absolute atomic E-state index is 0.0965. The summed E-state index contributed by atoms with van der Waals surface area (Å²) < 4.78 is 0. The van der Waals surface area contributed by atoms with Gasteiger partial charge in [0.2, 0.25) is 17.7 Å². The molecular formula is C21H39N5O6. The van der Waals surface area contributed by atoms with Crippen LogP contribution in [0.15, 0.2) is 0 Å². The summed E-state index contributed by atoms with van der Waals surface area (Å²) in [5, 5.41) is 23.9. The number of nitrogens with two attached hydrogens (primary N) is 2. The minimum atomic E-state index is -1.47. The molecule has 3 amide bonds. The molecule has 1 heterocycles. The van der Waals surface area contributed by atoms with Crippen molar-refractivity contribution in [3.63, 3.8) is 0 Å². The molecule has 11 heteroatoms. The Morgan fingerprint density at radius 2 is 1.78 bits per heavy atom. The highest BCUT2D eigenvalue weighted by atomic mass is 16.4. The fourth-order valence-electron chi connectivity index (χ4n) is 3.75. The van der Waals surface area contributed by atoms with Crippen molar-refractivity contribution in [2.45, 2.75) is 89.6 Å². The number of hydrogen-bond donors (Lipinski definition) is 6. The van der Waals surface area contributed by atoms with Crippen molar-refractivity contribution in [3.05, 3.63) is 0 Å². The molecule has 0 aromatic carbocycles. The molecule has 1 saturated heterocycles. The quantitative estimate of drug-likeness (QED) is 0.188. The summed E-state index contributed by atoms with van der Waals surface area (Å²) in [5.41, 5.74) is 11.4. The van der Waals surface area contributed by atoms with Crippen LogP contribution in [0.2, 0.25) is 0 Å². The van der Waals surface area contributed by atoms with Crippen molar-refractivity contribution in [2.75, 3.05) is 13.1 Å². The fourth-order valence-corrected chi connectivity index (χ4v) is 3.75. The normalized spacial score (nSPS) is 19.8. The number of nitrogens with one attached hydrogen (secondary N) is 2. The van der Waals surface area contributed by atoms with Gasteiger partial charge in [0, 0.05) is 6.54 Å². The monoisotopic (exact) mass is 457 g/mol. The molecule has 0 aromatic rings. The third-order valence-electron chi connectivity index (χ3n) is 5.51. The number of aliphatic hydroxyl groups excluding tert-OH is 1. The number of aliphatic hydroxyl groups is 1. The summed E-state index contributed by atoms with van der Waals surface area (Å²) in [6.45, 7) is 5.93. The molecule has 5 atom stereocenters. The Morgan fingerprint density at radius 1 is 1.12 bits per heavy atom. The zero-order valence-electron chi connectivity index (χ0n) is 19.3. The lowest BCUT2D eigenvalue weighted by Crippen LogP contribution is -2.58. The van der Waals surface area contributed by atoms with Gasteiger partial charge in [-0.2, -0.15) is 0 Å². The molecule has 1 aliphatic rings. The van der Waals surface area contributed by atoms with Gasteiger partial charge >= 0.3 is 5.97 Å². The van der Waals surface area contributed by atoms with E-state index in [2.05, 4.69) is 10.6 Å². The number of rotatable bonds is 13. The predicted octanol–water partition coefficient (Wildman–Crippen LogP) is -1.09. The summed E-state index contributed by atoms with van der Waals surface area (Å²) in [6, 6.07) is -3.95. The van der Waals surface area contributed by atoms with E-state index < -0.39 is 54.0 Å². The van der Waals surface area contributed by atoms with E-state index in [1.165, 1.54) is 11.8 Å². The number of amides is 3. The molecule has 0 aliphatic carbocycles. The van der Waals surface area contributed by atoms with Crippen molar-refractivity contribution >= 4 is 23.7 Å². The van der Waals surface area contributed by atoms with Gasteiger partial charge < -0.3 is 37.2 Å². The number of carboxylic acid groups (broad SMARTS) is 1. The molecule has 184 valence electrons. The molecule has 0 saturated carbocycles. The van der Waals surface area contributed by atoms with E-state index in [-0.39, 0.29) is 5.92 Å². The van der Waals surface area contributed by atoms with E-state index >= 15 is 0 Å². The SMILES string of the molecule is CC(C)CC(NC(=O)C(N)CCCCN)C(=O)N1CCCC1C(=O)NC(C(=O)O)C(C)O. The highest BCUT2D eigenvalue weighted by molar-refractivity contribution is 5.94. The first-order valence-electron chi connectivity index (χ1n) is 11.3. The Balaban J connectivity index is 2.90. The van der Waals surface area contributed by atoms with Gasteiger partial charge in [-0.3, -0.25) is 14.4 Å². The number of carbonyl (C=O) groups is 4. The topological polar surface area (TPSA) is 188 Å². The van der Waals surface area contributed by atoms with Gasteiger partial charge in [0.05, 0.1) is 12.1 Å². The Hall–Kier alpha value is -2.24. The molecule has 1 fully saturated rings. The number of unbranched alkanes of at least 4 members (excludes halogenated alkanes) is 1. The van der Waals surface area contributed by atoms with Crippen molar-refractivity contribution in [3.8, 4) is 0 Å². The second-order valence-electron chi connectivity index (χ2n) is 8.84. The molecular weight excluding hydrogens is 418 g/mol. The van der Waals surface area contributed by atoms with Crippen LogP contribution in [0, 0.1) is 5.92 Å². The third-order valence-corrected chi connectivity index (χ3v) is 5.51. The van der Waals surface area contributed by atoms with E-state index in [0.717, 1.165) is 6.42 Å². The zero-order valence-corrected chi connectivity index (χ0v) is 19.3. The largest absolute Gasteiger partial charge is 0.480 e. The maximum Gasteiger partial charge on any atom is 0.328 e. The first-order chi connectivity index (χ1) is 15.0. The van der Waals surface area contributed by atoms with Crippen LogP contribution in [-0.2, 0) is 19.2 Å². The van der Waals surface area contributed by atoms with E-state index in [1.807, 2.05) is 13.8 Å². The summed E-state index contributed by atoms with van der Waals surface area (Å²) in [6.07, 6.45) is 1.92. The Labute approximate surface area is 189 Å². The van der Waals surface area contributed by atoms with Crippen LogP contribution in [0.5, 0.6) is 0 Å². The summed E-state index contributed by atoms with van der Waals surface area (Å²) >= 11 is 0. The van der Waals surface area contributed by atoms with Crippen LogP contribution in [0.3, 0.4) is 0 Å². The number of hydrogen-bond acceptors (Lipinski definition) is 7. The average molecular weight is 458 g/mol. The van der Waals surface area contributed by atoms with E-state index in [0.29, 0.717) is 45.2 Å². The smallest absolute Gasteiger partial charge is 0.328 e. The Kier molecular flexibility index (Phi) is 11.6. The van der Waals surface area contributed by atoms with Crippen LogP contribution < -0.4 is 22.1 Å². The highest BCUT2D eigenvalue weighted by Crippen LogP contribution is 2.21. The molecule has 5 unspecified atom stereocenters. The van der Waals surface area contributed by atoms with E-state index in [9.17, 15) is 29.4 Å². The van der Waals surface area contributed by atoms with Crippen LogP contribution in [-0.4, -0.2) is 82.2 Å².